The molecule has 0 aromatic carbocycles. The Bertz CT molecular complexity index is 246. The summed E-state index contributed by atoms with van der Waals surface area (Å²) in [7, 11) is 2.14. The molecule has 3 heteroatoms. The minimum atomic E-state index is 0.329. The van der Waals surface area contributed by atoms with Gasteiger partial charge in [0.25, 0.3) is 0 Å². The van der Waals surface area contributed by atoms with Crippen LogP contribution in [0.5, 0.6) is 0 Å². The minimum Gasteiger partial charge on any atom is -0.327 e. The Morgan fingerprint density at radius 2 is 2.33 bits per heavy atom. The molecule has 1 aromatic rings. The summed E-state index contributed by atoms with van der Waals surface area (Å²) in [6.45, 7) is 4.23. The van der Waals surface area contributed by atoms with Crippen LogP contribution in [0.1, 0.15) is 31.1 Å². The van der Waals surface area contributed by atoms with E-state index in [0.29, 0.717) is 6.04 Å². The molecule has 0 aliphatic rings. The zero-order chi connectivity index (χ0) is 11.1. The summed E-state index contributed by atoms with van der Waals surface area (Å²) in [4.78, 5) is 3.73. The van der Waals surface area contributed by atoms with E-state index in [1.54, 1.807) is 0 Å². The average molecular weight is 226 g/mol. The van der Waals surface area contributed by atoms with Crippen LogP contribution in [0.25, 0.3) is 0 Å². The zero-order valence-corrected chi connectivity index (χ0v) is 10.6. The lowest BCUT2D eigenvalue weighted by atomic mass is 10.1. The van der Waals surface area contributed by atoms with Crippen molar-refractivity contribution >= 4 is 11.3 Å². The quantitative estimate of drug-likeness (QED) is 0.774. The van der Waals surface area contributed by atoms with E-state index in [1.165, 1.54) is 17.7 Å². The van der Waals surface area contributed by atoms with Crippen LogP contribution >= 0.6 is 11.3 Å². The van der Waals surface area contributed by atoms with Crippen molar-refractivity contribution in [3.8, 4) is 0 Å². The number of unbranched alkanes of at least 4 members (excludes halogenated alkanes) is 1. The van der Waals surface area contributed by atoms with E-state index in [9.17, 15) is 0 Å². The third kappa shape index (κ3) is 5.30. The van der Waals surface area contributed by atoms with Crippen LogP contribution in [-0.4, -0.2) is 24.5 Å². The fourth-order valence-corrected chi connectivity index (χ4v) is 2.48. The molecule has 1 atom stereocenters. The van der Waals surface area contributed by atoms with Crippen LogP contribution in [0, 0.1) is 0 Å². The zero-order valence-electron chi connectivity index (χ0n) is 9.78. The summed E-state index contributed by atoms with van der Waals surface area (Å²) >= 11 is 1.81. The first-order valence-electron chi connectivity index (χ1n) is 5.69. The molecular formula is C12H22N2S. The number of likely N-dealkylation sites (N-methyl/N-ethyl adjacent to an activating group) is 1. The van der Waals surface area contributed by atoms with Crippen LogP contribution in [0.3, 0.4) is 0 Å². The molecule has 2 nitrogen and oxygen atoms in total. The van der Waals surface area contributed by atoms with Gasteiger partial charge in [0.1, 0.15) is 0 Å². The van der Waals surface area contributed by atoms with Gasteiger partial charge in [-0.2, -0.15) is 0 Å². The molecule has 1 unspecified atom stereocenters. The Balaban J connectivity index is 2.20. The van der Waals surface area contributed by atoms with Crippen LogP contribution < -0.4 is 5.73 Å². The lowest BCUT2D eigenvalue weighted by molar-refractivity contribution is 0.298. The largest absolute Gasteiger partial charge is 0.327 e. The van der Waals surface area contributed by atoms with Gasteiger partial charge in [-0.25, -0.2) is 0 Å². The van der Waals surface area contributed by atoms with Gasteiger partial charge in [-0.05, 0) is 24.9 Å². The Morgan fingerprint density at radius 3 is 2.93 bits per heavy atom. The normalized spacial score (nSPS) is 13.3. The molecule has 0 saturated carbocycles. The van der Waals surface area contributed by atoms with Crippen LogP contribution in [0.4, 0.5) is 0 Å². The molecule has 1 heterocycles. The van der Waals surface area contributed by atoms with E-state index in [-0.39, 0.29) is 0 Å². The van der Waals surface area contributed by atoms with Gasteiger partial charge in [0.15, 0.2) is 0 Å². The second-order valence-electron chi connectivity index (χ2n) is 4.18. The summed E-state index contributed by atoms with van der Waals surface area (Å²) in [6, 6.07) is 4.61. The molecule has 0 amide bonds. The molecule has 0 bridgehead atoms. The standard InChI is InChI=1S/C12H22N2S/c1-3-4-6-11(13)9-14(2)10-12-7-5-8-15-12/h5,7-8,11H,3-4,6,9-10,13H2,1-2H3. The van der Waals surface area contributed by atoms with E-state index < -0.39 is 0 Å². The summed E-state index contributed by atoms with van der Waals surface area (Å²) in [5, 5.41) is 2.13. The van der Waals surface area contributed by atoms with Gasteiger partial charge >= 0.3 is 0 Å². The highest BCUT2D eigenvalue weighted by Crippen LogP contribution is 2.11. The summed E-state index contributed by atoms with van der Waals surface area (Å²) in [5.74, 6) is 0. The van der Waals surface area contributed by atoms with Crippen LogP contribution in [0.2, 0.25) is 0 Å². The number of hydrogen-bond donors (Lipinski definition) is 1. The predicted molar refractivity (Wildman–Crippen MR) is 68.2 cm³/mol. The fraction of sp³-hybridized carbons (Fsp3) is 0.667. The monoisotopic (exact) mass is 226 g/mol. The molecule has 0 fully saturated rings. The van der Waals surface area contributed by atoms with Gasteiger partial charge < -0.3 is 5.73 Å². The highest BCUT2D eigenvalue weighted by Gasteiger charge is 2.07. The van der Waals surface area contributed by atoms with Crippen molar-refractivity contribution in [2.24, 2.45) is 5.73 Å². The van der Waals surface area contributed by atoms with Crippen molar-refractivity contribution in [1.82, 2.24) is 4.90 Å². The Hall–Kier alpha value is -0.380. The topological polar surface area (TPSA) is 29.3 Å². The smallest absolute Gasteiger partial charge is 0.0325 e. The van der Waals surface area contributed by atoms with Gasteiger partial charge in [-0.1, -0.05) is 25.8 Å². The maximum absolute atomic E-state index is 6.05. The van der Waals surface area contributed by atoms with Crippen molar-refractivity contribution < 1.29 is 0 Å². The third-order valence-corrected chi connectivity index (χ3v) is 3.34. The van der Waals surface area contributed by atoms with Crippen molar-refractivity contribution in [1.29, 1.82) is 0 Å². The number of thiophene rings is 1. The Labute approximate surface area is 97.1 Å². The van der Waals surface area contributed by atoms with Gasteiger partial charge in [0.05, 0.1) is 0 Å². The van der Waals surface area contributed by atoms with Crippen molar-refractivity contribution in [2.45, 2.75) is 38.8 Å². The molecule has 1 aromatic heterocycles. The SMILES string of the molecule is CCCCC(N)CN(C)Cc1cccs1. The van der Waals surface area contributed by atoms with Gasteiger partial charge in [0.2, 0.25) is 0 Å². The third-order valence-electron chi connectivity index (χ3n) is 2.48. The maximum atomic E-state index is 6.05. The van der Waals surface area contributed by atoms with E-state index in [0.717, 1.165) is 19.5 Å². The molecular weight excluding hydrogens is 204 g/mol. The molecule has 0 spiro atoms. The number of nitrogens with zero attached hydrogens (tertiary/aromatic N) is 1. The first kappa shape index (κ1) is 12.7. The second kappa shape index (κ2) is 6.99. The lowest BCUT2D eigenvalue weighted by Crippen LogP contribution is -2.34. The van der Waals surface area contributed by atoms with Crippen LogP contribution in [0.15, 0.2) is 17.5 Å². The Morgan fingerprint density at radius 1 is 1.53 bits per heavy atom. The lowest BCUT2D eigenvalue weighted by Gasteiger charge is -2.20. The minimum absolute atomic E-state index is 0.329. The number of hydrogen-bond acceptors (Lipinski definition) is 3. The van der Waals surface area contributed by atoms with E-state index in [1.807, 2.05) is 11.3 Å². The predicted octanol–water partition coefficient (Wildman–Crippen LogP) is 2.70. The van der Waals surface area contributed by atoms with E-state index >= 15 is 0 Å². The number of nitrogens with two attached hydrogens (primary N) is 1. The highest BCUT2D eigenvalue weighted by molar-refractivity contribution is 7.09. The van der Waals surface area contributed by atoms with Crippen molar-refractivity contribution in [3.05, 3.63) is 22.4 Å². The van der Waals surface area contributed by atoms with Crippen LogP contribution in [-0.2, 0) is 6.54 Å². The van der Waals surface area contributed by atoms with Gasteiger partial charge in [-0.15, -0.1) is 11.3 Å². The first-order valence-corrected chi connectivity index (χ1v) is 6.56. The number of rotatable bonds is 7. The molecule has 0 aliphatic carbocycles. The molecule has 0 saturated heterocycles. The molecule has 86 valence electrons. The van der Waals surface area contributed by atoms with Gasteiger partial charge in [0, 0.05) is 24.0 Å². The maximum Gasteiger partial charge on any atom is 0.0325 e. The summed E-state index contributed by atoms with van der Waals surface area (Å²) in [6.07, 6.45) is 3.63. The average Bonchev–Trinajstić information content (AvgIpc) is 2.67. The highest BCUT2D eigenvalue weighted by atomic mass is 32.1. The molecule has 15 heavy (non-hydrogen) atoms. The first-order chi connectivity index (χ1) is 7.22. The van der Waals surface area contributed by atoms with E-state index in [4.69, 9.17) is 5.73 Å². The van der Waals surface area contributed by atoms with Gasteiger partial charge in [-0.3, -0.25) is 4.90 Å². The molecule has 0 aliphatic heterocycles. The second-order valence-corrected chi connectivity index (χ2v) is 5.21. The Kier molecular flexibility index (Phi) is 5.91. The van der Waals surface area contributed by atoms with Crippen molar-refractivity contribution in [2.75, 3.05) is 13.6 Å². The van der Waals surface area contributed by atoms with Crippen molar-refractivity contribution in [3.63, 3.8) is 0 Å². The fourth-order valence-electron chi connectivity index (χ4n) is 1.69. The molecule has 0 radical (unpaired) electrons. The summed E-state index contributed by atoms with van der Waals surface area (Å²) in [5.41, 5.74) is 6.05. The molecule has 1 rings (SSSR count). The van der Waals surface area contributed by atoms with E-state index in [2.05, 4.69) is 36.4 Å². The summed E-state index contributed by atoms with van der Waals surface area (Å²) < 4.78 is 0. The molecule has 2 N–H and O–H groups in total.